The van der Waals surface area contributed by atoms with Gasteiger partial charge in [0.25, 0.3) is 11.2 Å². The molecule has 36 heavy (non-hydrogen) atoms. The van der Waals surface area contributed by atoms with Crippen LogP contribution in [0.4, 0.5) is 5.69 Å². The summed E-state index contributed by atoms with van der Waals surface area (Å²) in [4.78, 5) is 37.0. The van der Waals surface area contributed by atoms with Crippen LogP contribution in [0.5, 0.6) is 5.75 Å². The molecule has 0 fully saturated rings. The number of nitro groups is 1. The van der Waals surface area contributed by atoms with Gasteiger partial charge in [-0.15, -0.1) is 0 Å². The largest absolute Gasteiger partial charge is 0.493 e. The number of fused-ring (bicyclic) bond motifs is 1. The van der Waals surface area contributed by atoms with Gasteiger partial charge in [0.05, 0.1) is 44.9 Å². The number of nitro benzene ring substituents is 1. The molecular formula is C22H21ClN6O6S. The molecule has 2 heterocycles. The first-order valence-electron chi connectivity index (χ1n) is 10.8. The van der Waals surface area contributed by atoms with Crippen molar-refractivity contribution in [1.29, 1.82) is 0 Å². The highest BCUT2D eigenvalue weighted by molar-refractivity contribution is 7.89. The van der Waals surface area contributed by atoms with Crippen molar-refractivity contribution in [2.45, 2.75) is 24.7 Å². The number of ether oxygens (including phenoxy) is 1. The molecule has 0 amide bonds. The highest BCUT2D eigenvalue weighted by Crippen LogP contribution is 2.32. The van der Waals surface area contributed by atoms with E-state index in [9.17, 15) is 23.3 Å². The maximum atomic E-state index is 12.9. The second-order valence-electron chi connectivity index (χ2n) is 7.71. The van der Waals surface area contributed by atoms with E-state index in [1.54, 1.807) is 6.20 Å². The molecule has 4 aromatic rings. The van der Waals surface area contributed by atoms with E-state index in [4.69, 9.17) is 16.3 Å². The summed E-state index contributed by atoms with van der Waals surface area (Å²) in [5, 5.41) is 11.0. The van der Waals surface area contributed by atoms with Gasteiger partial charge in [0, 0.05) is 25.2 Å². The summed E-state index contributed by atoms with van der Waals surface area (Å²) in [6.45, 7) is 2.38. The fraction of sp³-hybridized carbons (Fsp3) is 0.227. The SMILES string of the molecule is CCCOc1ccc(S(=O)(=O)NCCc2c[nH]cn2)cc1-c1nc2cc(Cl)c([N+](=O)[O-])cc2c(=O)[nH]1. The number of H-pyrrole nitrogens is 2. The van der Waals surface area contributed by atoms with Crippen LogP contribution in [0.3, 0.4) is 0 Å². The van der Waals surface area contributed by atoms with Gasteiger partial charge in [0.2, 0.25) is 10.0 Å². The molecule has 0 aliphatic carbocycles. The highest BCUT2D eigenvalue weighted by Gasteiger charge is 2.21. The molecule has 188 valence electrons. The molecule has 14 heteroatoms. The fourth-order valence-corrected chi connectivity index (χ4v) is 4.72. The molecule has 0 atom stereocenters. The van der Waals surface area contributed by atoms with Gasteiger partial charge >= 0.3 is 0 Å². The van der Waals surface area contributed by atoms with Gasteiger partial charge in [-0.3, -0.25) is 14.9 Å². The maximum absolute atomic E-state index is 12.9. The zero-order chi connectivity index (χ0) is 25.9. The average molecular weight is 533 g/mol. The van der Waals surface area contributed by atoms with Gasteiger partial charge in [-0.2, -0.15) is 0 Å². The summed E-state index contributed by atoms with van der Waals surface area (Å²) in [5.74, 6) is 0.333. The second kappa shape index (κ2) is 10.4. The number of hydrogen-bond donors (Lipinski definition) is 3. The minimum atomic E-state index is -3.92. The Kier molecular flexibility index (Phi) is 7.33. The summed E-state index contributed by atoms with van der Waals surface area (Å²) in [6, 6.07) is 6.49. The molecule has 0 saturated heterocycles. The number of benzene rings is 2. The smallest absolute Gasteiger partial charge is 0.288 e. The molecule has 0 unspecified atom stereocenters. The standard InChI is InChI=1S/C22H21ClN6O6S/c1-2-7-35-20-4-3-14(36(33,34)26-6-5-13-11-24-12-25-13)8-16(20)21-27-18-10-17(23)19(29(31)32)9-15(18)22(30)28-21/h3-4,8-12,26H,2,5-7H2,1H3,(H,24,25)(H,27,28,30). The van der Waals surface area contributed by atoms with Crippen LogP contribution in [0.1, 0.15) is 19.0 Å². The van der Waals surface area contributed by atoms with E-state index >= 15 is 0 Å². The van der Waals surface area contributed by atoms with Crippen molar-refractivity contribution in [1.82, 2.24) is 24.7 Å². The van der Waals surface area contributed by atoms with Gasteiger partial charge < -0.3 is 14.7 Å². The summed E-state index contributed by atoms with van der Waals surface area (Å²) >= 11 is 6.01. The zero-order valence-corrected chi connectivity index (χ0v) is 20.5. The number of nitrogens with zero attached hydrogens (tertiary/aromatic N) is 3. The predicted molar refractivity (Wildman–Crippen MR) is 133 cm³/mol. The van der Waals surface area contributed by atoms with Crippen molar-refractivity contribution < 1.29 is 18.1 Å². The Morgan fingerprint density at radius 1 is 1.25 bits per heavy atom. The maximum Gasteiger partial charge on any atom is 0.288 e. The van der Waals surface area contributed by atoms with Crippen molar-refractivity contribution in [2.75, 3.05) is 13.2 Å². The Morgan fingerprint density at radius 3 is 2.75 bits per heavy atom. The Balaban J connectivity index is 1.75. The van der Waals surface area contributed by atoms with Gasteiger partial charge in [-0.1, -0.05) is 18.5 Å². The first-order valence-corrected chi connectivity index (χ1v) is 12.7. The molecule has 0 bridgehead atoms. The van der Waals surface area contributed by atoms with Crippen LogP contribution in [0.2, 0.25) is 5.02 Å². The number of aromatic amines is 2. The third-order valence-corrected chi connectivity index (χ3v) is 6.94. The lowest BCUT2D eigenvalue weighted by atomic mass is 10.1. The van der Waals surface area contributed by atoms with Crippen LogP contribution in [-0.4, -0.2) is 46.4 Å². The van der Waals surface area contributed by atoms with Crippen molar-refractivity contribution in [3.63, 3.8) is 0 Å². The first kappa shape index (κ1) is 25.3. The van der Waals surface area contributed by atoms with Gasteiger partial charge in [0.1, 0.15) is 16.6 Å². The quantitative estimate of drug-likeness (QED) is 0.206. The van der Waals surface area contributed by atoms with Gasteiger partial charge in [-0.05, 0) is 30.7 Å². The van der Waals surface area contributed by atoms with Crippen LogP contribution in [-0.2, 0) is 16.4 Å². The molecule has 0 aliphatic rings. The Bertz CT molecular complexity index is 1590. The lowest BCUT2D eigenvalue weighted by molar-refractivity contribution is -0.384. The van der Waals surface area contributed by atoms with E-state index in [1.807, 2.05) is 6.92 Å². The van der Waals surface area contributed by atoms with E-state index < -0.39 is 26.2 Å². The van der Waals surface area contributed by atoms with Crippen LogP contribution in [0.15, 0.2) is 52.5 Å². The van der Waals surface area contributed by atoms with E-state index in [0.717, 1.165) is 6.07 Å². The summed E-state index contributed by atoms with van der Waals surface area (Å²) in [6.07, 6.45) is 4.26. The number of imidazole rings is 1. The van der Waals surface area contributed by atoms with Crippen LogP contribution < -0.4 is 15.0 Å². The minimum Gasteiger partial charge on any atom is -0.493 e. The van der Waals surface area contributed by atoms with Crippen LogP contribution in [0.25, 0.3) is 22.3 Å². The molecule has 2 aromatic heterocycles. The van der Waals surface area contributed by atoms with E-state index in [2.05, 4.69) is 24.7 Å². The lowest BCUT2D eigenvalue weighted by Gasteiger charge is -2.13. The van der Waals surface area contributed by atoms with E-state index in [0.29, 0.717) is 30.9 Å². The molecule has 2 aromatic carbocycles. The lowest BCUT2D eigenvalue weighted by Crippen LogP contribution is -2.26. The van der Waals surface area contributed by atoms with Crippen LogP contribution >= 0.6 is 11.6 Å². The van der Waals surface area contributed by atoms with Crippen molar-refractivity contribution in [3.8, 4) is 17.1 Å². The highest BCUT2D eigenvalue weighted by atomic mass is 35.5. The minimum absolute atomic E-state index is 0.0251. The number of sulfonamides is 1. The summed E-state index contributed by atoms with van der Waals surface area (Å²) in [7, 11) is -3.92. The Labute approximate surface area is 209 Å². The van der Waals surface area contributed by atoms with Crippen molar-refractivity contribution >= 4 is 38.2 Å². The molecule has 0 saturated carbocycles. The van der Waals surface area contributed by atoms with Crippen LogP contribution in [0, 0.1) is 10.1 Å². The first-order chi connectivity index (χ1) is 17.2. The number of hydrogen-bond acceptors (Lipinski definition) is 8. The molecule has 0 spiro atoms. The molecule has 12 nitrogen and oxygen atoms in total. The molecule has 3 N–H and O–H groups in total. The Morgan fingerprint density at radius 2 is 2.06 bits per heavy atom. The third kappa shape index (κ3) is 5.37. The number of rotatable bonds is 10. The zero-order valence-electron chi connectivity index (χ0n) is 18.9. The summed E-state index contributed by atoms with van der Waals surface area (Å²) < 4.78 is 34.2. The van der Waals surface area contributed by atoms with Gasteiger partial charge in [-0.25, -0.2) is 23.1 Å². The monoisotopic (exact) mass is 532 g/mol. The molecule has 4 rings (SSSR count). The van der Waals surface area contributed by atoms with Gasteiger partial charge in [0.15, 0.2) is 0 Å². The topological polar surface area (TPSA) is 173 Å². The number of halogens is 1. The fourth-order valence-electron chi connectivity index (χ4n) is 3.44. The molecule has 0 aliphatic heterocycles. The third-order valence-electron chi connectivity index (χ3n) is 5.18. The van der Waals surface area contributed by atoms with E-state index in [1.165, 1.54) is 30.6 Å². The van der Waals surface area contributed by atoms with Crippen molar-refractivity contribution in [2.24, 2.45) is 0 Å². The predicted octanol–water partition coefficient (Wildman–Crippen LogP) is 3.18. The Hall–Kier alpha value is -3.81. The number of aromatic nitrogens is 4. The number of nitrogens with one attached hydrogen (secondary N) is 3. The van der Waals surface area contributed by atoms with Crippen molar-refractivity contribution in [3.05, 3.63) is 74.0 Å². The normalized spacial score (nSPS) is 11.6. The summed E-state index contributed by atoms with van der Waals surface area (Å²) in [5.41, 5.74) is -0.0337. The molecular weight excluding hydrogens is 512 g/mol. The van der Waals surface area contributed by atoms with E-state index in [-0.39, 0.29) is 38.8 Å². The average Bonchev–Trinajstić information content (AvgIpc) is 3.35. The second-order valence-corrected chi connectivity index (χ2v) is 9.88. The molecule has 0 radical (unpaired) electrons.